The van der Waals surface area contributed by atoms with Crippen LogP contribution < -0.4 is 5.32 Å². The van der Waals surface area contributed by atoms with Gasteiger partial charge in [0.25, 0.3) is 0 Å². The van der Waals surface area contributed by atoms with Crippen molar-refractivity contribution in [1.82, 2.24) is 14.5 Å². The van der Waals surface area contributed by atoms with Gasteiger partial charge in [0, 0.05) is 67.5 Å². The van der Waals surface area contributed by atoms with Crippen LogP contribution in [0.25, 0.3) is 106 Å². The molecule has 1 atom stereocenters. The molecular weight excluding hydrogens is 819 g/mol. The molecule has 1 aliphatic heterocycles. The van der Waals surface area contributed by atoms with E-state index >= 15 is 0 Å². The lowest BCUT2D eigenvalue weighted by atomic mass is 9.92. The summed E-state index contributed by atoms with van der Waals surface area (Å²) in [5.41, 5.74) is 9.98. The molecule has 64 heavy (non-hydrogen) atoms. The maximum atomic E-state index is 5.63. The Morgan fingerprint density at radius 2 is 0.938 bits per heavy atom. The molecule has 5 heterocycles. The molecule has 14 rings (SSSR count). The maximum Gasteiger partial charge on any atom is 0.213 e. The van der Waals surface area contributed by atoms with Crippen molar-refractivity contribution in [2.75, 3.05) is 0 Å². The highest BCUT2D eigenvalue weighted by Crippen LogP contribution is 2.45. The number of para-hydroxylation sites is 2. The average molecular weight is 854 g/mol. The molecule has 0 saturated heterocycles. The van der Waals surface area contributed by atoms with E-state index in [1.165, 1.54) is 61.9 Å². The lowest BCUT2D eigenvalue weighted by Crippen LogP contribution is -2.39. The third-order valence-electron chi connectivity index (χ3n) is 13.0. The molecule has 13 aromatic rings. The quantitative estimate of drug-likeness (QED) is 0.188. The number of aromatic nitrogens is 2. The van der Waals surface area contributed by atoms with Crippen LogP contribution in [-0.4, -0.2) is 20.9 Å². The summed E-state index contributed by atoms with van der Waals surface area (Å²) in [7, 11) is 0. The zero-order chi connectivity index (χ0) is 41.9. The minimum Gasteiger partial charge on any atom is -0.316 e. The lowest BCUT2D eigenvalue weighted by Gasteiger charge is -2.27. The van der Waals surface area contributed by atoms with Crippen molar-refractivity contribution in [3.05, 3.63) is 206 Å². The number of nitrogens with one attached hydrogen (secondary N) is 1. The molecule has 0 spiro atoms. The smallest absolute Gasteiger partial charge is 0.213 e. The van der Waals surface area contributed by atoms with Gasteiger partial charge in [-0.15, -0.1) is 22.7 Å². The average Bonchev–Trinajstić information content (AvgIpc) is 4.12. The Labute approximate surface area is 375 Å². The number of aliphatic imine (C=N–C) groups is 2. The number of amidine groups is 1. The summed E-state index contributed by atoms with van der Waals surface area (Å²) in [4.78, 5) is 11.2. The molecule has 0 aliphatic carbocycles. The van der Waals surface area contributed by atoms with Crippen molar-refractivity contribution < 1.29 is 0 Å². The van der Waals surface area contributed by atoms with Crippen LogP contribution in [0.2, 0.25) is 0 Å². The van der Waals surface area contributed by atoms with Crippen LogP contribution in [0.1, 0.15) is 11.9 Å². The first-order valence-electron chi connectivity index (χ1n) is 21.6. The molecule has 4 aromatic heterocycles. The van der Waals surface area contributed by atoms with Crippen molar-refractivity contribution in [3.63, 3.8) is 0 Å². The summed E-state index contributed by atoms with van der Waals surface area (Å²) in [6.45, 7) is 0. The van der Waals surface area contributed by atoms with Crippen molar-refractivity contribution in [2.45, 2.75) is 6.29 Å². The van der Waals surface area contributed by atoms with Gasteiger partial charge in [0.1, 0.15) is 0 Å². The highest BCUT2D eigenvalue weighted by molar-refractivity contribution is 7.27. The largest absolute Gasteiger partial charge is 0.316 e. The van der Waals surface area contributed by atoms with E-state index in [2.05, 4.69) is 215 Å². The molecule has 7 heteroatoms. The van der Waals surface area contributed by atoms with Crippen LogP contribution in [0.4, 0.5) is 0 Å². The molecule has 0 bridgehead atoms. The highest BCUT2D eigenvalue weighted by Gasteiger charge is 2.28. The van der Waals surface area contributed by atoms with Gasteiger partial charge in [-0.1, -0.05) is 158 Å². The Balaban J connectivity index is 1.05. The number of nitrogens with zero attached hydrogens (tertiary/aromatic N) is 4. The van der Waals surface area contributed by atoms with Crippen molar-refractivity contribution >= 4 is 118 Å². The van der Waals surface area contributed by atoms with Gasteiger partial charge in [-0.3, -0.25) is 4.57 Å². The first-order valence-corrected chi connectivity index (χ1v) is 23.2. The van der Waals surface area contributed by atoms with E-state index in [0.717, 1.165) is 55.8 Å². The summed E-state index contributed by atoms with van der Waals surface area (Å²) in [6.07, 6.45) is -0.532. The van der Waals surface area contributed by atoms with Crippen LogP contribution in [0, 0.1) is 0 Å². The normalized spacial score (nSPS) is 14.4. The fourth-order valence-electron chi connectivity index (χ4n) is 10.2. The van der Waals surface area contributed by atoms with E-state index in [-0.39, 0.29) is 0 Å². The fraction of sp³-hybridized carbons (Fsp3) is 0.0175. The number of thiophene rings is 2. The molecule has 9 aromatic carbocycles. The molecule has 1 N–H and O–H groups in total. The summed E-state index contributed by atoms with van der Waals surface area (Å²) in [6, 6.07) is 72.2. The molecule has 300 valence electrons. The van der Waals surface area contributed by atoms with Crippen LogP contribution in [0.15, 0.2) is 210 Å². The Morgan fingerprint density at radius 1 is 0.406 bits per heavy atom. The van der Waals surface area contributed by atoms with E-state index in [1.54, 1.807) is 0 Å². The Hall–Kier alpha value is -7.84. The van der Waals surface area contributed by atoms with Crippen LogP contribution in [0.5, 0.6) is 0 Å². The van der Waals surface area contributed by atoms with Gasteiger partial charge in [0.05, 0.1) is 22.1 Å². The monoisotopic (exact) mass is 853 g/mol. The van der Waals surface area contributed by atoms with E-state index in [4.69, 9.17) is 9.98 Å². The van der Waals surface area contributed by atoms with E-state index in [1.807, 2.05) is 22.7 Å². The minimum absolute atomic E-state index is 0.532. The summed E-state index contributed by atoms with van der Waals surface area (Å²) in [5.74, 6) is 1.39. The van der Waals surface area contributed by atoms with Crippen molar-refractivity contribution in [2.24, 2.45) is 9.98 Å². The molecular formula is C57H35N5S2. The number of benzene rings is 9. The van der Waals surface area contributed by atoms with Gasteiger partial charge in [0.15, 0.2) is 5.84 Å². The van der Waals surface area contributed by atoms with Crippen LogP contribution in [0.3, 0.4) is 0 Å². The number of rotatable bonds is 4. The molecule has 5 nitrogen and oxygen atoms in total. The molecule has 0 radical (unpaired) electrons. The van der Waals surface area contributed by atoms with Crippen molar-refractivity contribution in [1.29, 1.82) is 0 Å². The zero-order valence-corrected chi connectivity index (χ0v) is 35.9. The summed E-state index contributed by atoms with van der Waals surface area (Å²) >= 11 is 3.74. The summed E-state index contributed by atoms with van der Waals surface area (Å²) < 4.78 is 9.87. The second-order valence-electron chi connectivity index (χ2n) is 16.5. The topological polar surface area (TPSA) is 46.6 Å². The second-order valence-corrected chi connectivity index (χ2v) is 18.6. The predicted molar refractivity (Wildman–Crippen MR) is 274 cm³/mol. The van der Waals surface area contributed by atoms with E-state index in [0.29, 0.717) is 5.84 Å². The third-order valence-corrected chi connectivity index (χ3v) is 15.4. The van der Waals surface area contributed by atoms with Gasteiger partial charge in [-0.05, 0) is 64.7 Å². The standard InChI is InChI=1S/C57H35N5S2/c1-3-15-34(16-4-1)37-28-27-36(33-44(37)35-17-5-2-6-18-35)55-58-56(61-45-23-11-7-21-42(45)51-47(61)31-29-40-38-19-9-13-25-49(38)63-53(40)51)60-57(59-55)62-46-24-12-8-22-43(46)52-48(62)32-30-41-39-20-10-14-26-50(39)64-54(41)52/h1-33,56H,(H,58,59,60). The zero-order valence-electron chi connectivity index (χ0n) is 34.2. The minimum atomic E-state index is -0.532. The van der Waals surface area contributed by atoms with Crippen molar-refractivity contribution in [3.8, 4) is 22.3 Å². The van der Waals surface area contributed by atoms with Gasteiger partial charge >= 0.3 is 0 Å². The maximum absolute atomic E-state index is 5.63. The number of hydrogen-bond donors (Lipinski definition) is 1. The Morgan fingerprint density at radius 3 is 1.61 bits per heavy atom. The predicted octanol–water partition coefficient (Wildman–Crippen LogP) is 15.4. The highest BCUT2D eigenvalue weighted by atomic mass is 32.1. The van der Waals surface area contributed by atoms with Gasteiger partial charge in [0.2, 0.25) is 12.2 Å². The van der Waals surface area contributed by atoms with Gasteiger partial charge in [-0.25, -0.2) is 4.99 Å². The van der Waals surface area contributed by atoms with Gasteiger partial charge < -0.3 is 9.88 Å². The Kier molecular flexibility index (Phi) is 7.72. The molecule has 0 saturated carbocycles. The Bertz CT molecular complexity index is 4110. The first kappa shape index (κ1) is 35.7. The fourth-order valence-corrected chi connectivity index (χ4v) is 12.7. The number of hydrogen-bond acceptors (Lipinski definition) is 5. The third kappa shape index (κ3) is 5.22. The molecule has 0 amide bonds. The molecule has 1 aliphatic rings. The summed E-state index contributed by atoms with van der Waals surface area (Å²) in [5, 5.41) is 14.0. The molecule has 1 unspecified atom stereocenters. The lowest BCUT2D eigenvalue weighted by molar-refractivity contribution is 0.509. The SMILES string of the molecule is c1ccc(-c2ccc(C3=NC(n4c5ccccc5c5c6sc7ccccc7c6ccc54)NC(n4c5ccccc5c5c6sc7ccccc7c6ccc54)=N3)cc2-c2ccccc2)cc1. The van der Waals surface area contributed by atoms with E-state index < -0.39 is 6.29 Å². The van der Waals surface area contributed by atoms with E-state index in [9.17, 15) is 0 Å². The van der Waals surface area contributed by atoms with Crippen LogP contribution >= 0.6 is 22.7 Å². The second kappa shape index (κ2) is 13.8. The van der Waals surface area contributed by atoms with Crippen LogP contribution in [-0.2, 0) is 0 Å². The number of fused-ring (bicyclic) bond motifs is 14. The van der Waals surface area contributed by atoms with Gasteiger partial charge in [-0.2, -0.15) is 4.99 Å². The molecule has 0 fully saturated rings. The first-order chi connectivity index (χ1) is 31.7.